The van der Waals surface area contributed by atoms with Crippen LogP contribution in [0.4, 0.5) is 4.39 Å². The highest BCUT2D eigenvalue weighted by Gasteiger charge is 2.29. The first-order valence-electron chi connectivity index (χ1n) is 8.08. The predicted octanol–water partition coefficient (Wildman–Crippen LogP) is 1.63. The van der Waals surface area contributed by atoms with Crippen molar-refractivity contribution in [3.8, 4) is 11.5 Å². The SMILES string of the molecule is O=C(NCCOc1ccccc1F)C1CC(c2ccc(O)cc2)NN1. The molecule has 1 amide bonds. The van der Waals surface area contributed by atoms with Crippen LogP contribution in [0.5, 0.6) is 11.5 Å². The molecule has 132 valence electrons. The van der Waals surface area contributed by atoms with Crippen molar-refractivity contribution in [1.29, 1.82) is 0 Å². The normalized spacial score (nSPS) is 19.6. The summed E-state index contributed by atoms with van der Waals surface area (Å²) in [5.41, 5.74) is 7.03. The van der Waals surface area contributed by atoms with Gasteiger partial charge in [0.15, 0.2) is 11.6 Å². The Hall–Kier alpha value is -2.64. The van der Waals surface area contributed by atoms with Gasteiger partial charge in [0.2, 0.25) is 5.91 Å². The number of carbonyl (C=O) groups is 1. The summed E-state index contributed by atoms with van der Waals surface area (Å²) in [7, 11) is 0. The maximum Gasteiger partial charge on any atom is 0.238 e. The second-order valence-corrected chi connectivity index (χ2v) is 5.79. The largest absolute Gasteiger partial charge is 0.508 e. The van der Waals surface area contributed by atoms with Gasteiger partial charge in [-0.25, -0.2) is 15.2 Å². The Labute approximate surface area is 145 Å². The molecule has 0 bridgehead atoms. The van der Waals surface area contributed by atoms with E-state index in [2.05, 4.69) is 16.2 Å². The number of para-hydroxylation sites is 1. The molecule has 0 saturated carbocycles. The van der Waals surface area contributed by atoms with Gasteiger partial charge < -0.3 is 15.2 Å². The third kappa shape index (κ3) is 4.46. The van der Waals surface area contributed by atoms with Gasteiger partial charge in [-0.05, 0) is 36.2 Å². The van der Waals surface area contributed by atoms with Crippen LogP contribution in [0.3, 0.4) is 0 Å². The van der Waals surface area contributed by atoms with Gasteiger partial charge in [0.05, 0.1) is 6.54 Å². The van der Waals surface area contributed by atoms with Gasteiger partial charge in [0, 0.05) is 6.04 Å². The molecule has 1 aliphatic rings. The molecule has 0 radical (unpaired) electrons. The van der Waals surface area contributed by atoms with Gasteiger partial charge in [-0.1, -0.05) is 24.3 Å². The molecule has 4 N–H and O–H groups in total. The molecule has 3 rings (SSSR count). The van der Waals surface area contributed by atoms with E-state index in [0.29, 0.717) is 6.42 Å². The molecule has 1 saturated heterocycles. The highest BCUT2D eigenvalue weighted by molar-refractivity contribution is 5.82. The Balaban J connectivity index is 1.42. The first-order valence-corrected chi connectivity index (χ1v) is 8.08. The van der Waals surface area contributed by atoms with Crippen LogP contribution in [0, 0.1) is 5.82 Å². The van der Waals surface area contributed by atoms with Gasteiger partial charge in [-0.15, -0.1) is 0 Å². The van der Waals surface area contributed by atoms with Crippen LogP contribution < -0.4 is 20.9 Å². The molecule has 0 aromatic heterocycles. The standard InChI is InChI=1S/C18H20FN3O3/c19-14-3-1-2-4-17(14)25-10-9-20-18(24)16-11-15(21-22-16)12-5-7-13(23)8-6-12/h1-8,15-16,21-23H,9-11H2,(H,20,24). The minimum atomic E-state index is -0.424. The van der Waals surface area contributed by atoms with Crippen molar-refractivity contribution in [3.05, 3.63) is 59.9 Å². The quantitative estimate of drug-likeness (QED) is 0.598. The highest BCUT2D eigenvalue weighted by atomic mass is 19.1. The summed E-state index contributed by atoms with van der Waals surface area (Å²) in [5, 5.41) is 12.1. The van der Waals surface area contributed by atoms with E-state index >= 15 is 0 Å². The number of nitrogens with one attached hydrogen (secondary N) is 3. The lowest BCUT2D eigenvalue weighted by Crippen LogP contribution is -2.44. The number of halogens is 1. The molecule has 1 heterocycles. The Morgan fingerprint density at radius 1 is 1.20 bits per heavy atom. The number of benzene rings is 2. The van der Waals surface area contributed by atoms with Crippen LogP contribution in [-0.2, 0) is 4.79 Å². The second kappa shape index (κ2) is 7.96. The third-order valence-corrected chi connectivity index (χ3v) is 4.01. The third-order valence-electron chi connectivity index (χ3n) is 4.01. The number of aromatic hydroxyl groups is 1. The van der Waals surface area contributed by atoms with Crippen LogP contribution in [0.15, 0.2) is 48.5 Å². The van der Waals surface area contributed by atoms with E-state index in [-0.39, 0.29) is 42.6 Å². The molecule has 25 heavy (non-hydrogen) atoms. The van der Waals surface area contributed by atoms with Crippen molar-refractivity contribution in [2.75, 3.05) is 13.2 Å². The minimum absolute atomic E-state index is 0.00832. The first kappa shape index (κ1) is 17.2. The van der Waals surface area contributed by atoms with E-state index in [1.165, 1.54) is 6.07 Å². The van der Waals surface area contributed by atoms with E-state index in [9.17, 15) is 14.3 Å². The fourth-order valence-corrected chi connectivity index (χ4v) is 2.67. The Kier molecular flexibility index (Phi) is 5.47. The Bertz CT molecular complexity index is 724. The van der Waals surface area contributed by atoms with Crippen molar-refractivity contribution < 1.29 is 19.0 Å². The summed E-state index contributed by atoms with van der Waals surface area (Å²) in [6.45, 7) is 0.476. The topological polar surface area (TPSA) is 82.6 Å². The fraction of sp³-hybridized carbons (Fsp3) is 0.278. The second-order valence-electron chi connectivity index (χ2n) is 5.79. The molecule has 1 fully saturated rings. The van der Waals surface area contributed by atoms with Gasteiger partial charge in [-0.3, -0.25) is 4.79 Å². The fourth-order valence-electron chi connectivity index (χ4n) is 2.67. The zero-order valence-corrected chi connectivity index (χ0v) is 13.5. The van der Waals surface area contributed by atoms with Crippen molar-refractivity contribution in [3.63, 3.8) is 0 Å². The molecule has 2 aromatic rings. The van der Waals surface area contributed by atoms with Gasteiger partial charge >= 0.3 is 0 Å². The number of rotatable bonds is 6. The maximum absolute atomic E-state index is 13.4. The zero-order valence-electron chi connectivity index (χ0n) is 13.5. The van der Waals surface area contributed by atoms with Gasteiger partial charge in [-0.2, -0.15) is 0 Å². The molecule has 2 unspecified atom stereocenters. The predicted molar refractivity (Wildman–Crippen MR) is 90.4 cm³/mol. The first-order chi connectivity index (χ1) is 12.1. The molecule has 6 nitrogen and oxygen atoms in total. The lowest BCUT2D eigenvalue weighted by molar-refractivity contribution is -0.123. The number of amides is 1. The molecule has 2 aromatic carbocycles. The number of hydrogen-bond acceptors (Lipinski definition) is 5. The summed E-state index contributed by atoms with van der Waals surface area (Å²) >= 11 is 0. The minimum Gasteiger partial charge on any atom is -0.508 e. The van der Waals surface area contributed by atoms with E-state index < -0.39 is 5.82 Å². The summed E-state index contributed by atoms with van der Waals surface area (Å²) in [4.78, 5) is 12.2. The van der Waals surface area contributed by atoms with Crippen LogP contribution in [0.1, 0.15) is 18.0 Å². The van der Waals surface area contributed by atoms with E-state index in [1.807, 2.05) is 12.1 Å². The van der Waals surface area contributed by atoms with Crippen LogP contribution in [-0.4, -0.2) is 30.2 Å². The summed E-state index contributed by atoms with van der Waals surface area (Å²) in [5.74, 6) is -0.193. The maximum atomic E-state index is 13.4. The van der Waals surface area contributed by atoms with Crippen LogP contribution in [0.2, 0.25) is 0 Å². The van der Waals surface area contributed by atoms with Crippen LogP contribution in [0.25, 0.3) is 0 Å². The summed E-state index contributed by atoms with van der Waals surface area (Å²) in [6.07, 6.45) is 0.588. The number of hydrogen-bond donors (Lipinski definition) is 4. The van der Waals surface area contributed by atoms with Crippen molar-refractivity contribution >= 4 is 5.91 Å². The van der Waals surface area contributed by atoms with Gasteiger partial charge in [0.25, 0.3) is 0 Å². The number of hydrazine groups is 1. The monoisotopic (exact) mass is 345 g/mol. The molecule has 2 atom stereocenters. The number of ether oxygens (including phenoxy) is 1. The smallest absolute Gasteiger partial charge is 0.238 e. The zero-order chi connectivity index (χ0) is 17.6. The summed E-state index contributed by atoms with van der Waals surface area (Å²) < 4.78 is 18.7. The number of carbonyl (C=O) groups excluding carboxylic acids is 1. The van der Waals surface area contributed by atoms with Gasteiger partial charge in [0.1, 0.15) is 18.4 Å². The average Bonchev–Trinajstić information content (AvgIpc) is 3.11. The average molecular weight is 345 g/mol. The lowest BCUT2D eigenvalue weighted by Gasteiger charge is -2.12. The molecule has 0 aliphatic carbocycles. The number of phenolic OH excluding ortho intramolecular Hbond substituents is 1. The Morgan fingerprint density at radius 3 is 2.72 bits per heavy atom. The van der Waals surface area contributed by atoms with Crippen LogP contribution >= 0.6 is 0 Å². The molecule has 7 heteroatoms. The Morgan fingerprint density at radius 2 is 1.96 bits per heavy atom. The van der Waals surface area contributed by atoms with Crippen molar-refractivity contribution in [2.45, 2.75) is 18.5 Å². The highest BCUT2D eigenvalue weighted by Crippen LogP contribution is 2.23. The van der Waals surface area contributed by atoms with Crippen molar-refractivity contribution in [2.24, 2.45) is 0 Å². The molecule has 1 aliphatic heterocycles. The molecular weight excluding hydrogens is 325 g/mol. The van der Waals surface area contributed by atoms with E-state index in [1.54, 1.807) is 30.3 Å². The molecular formula is C18H20FN3O3. The van der Waals surface area contributed by atoms with E-state index in [4.69, 9.17) is 4.74 Å². The number of phenols is 1. The molecule has 0 spiro atoms. The van der Waals surface area contributed by atoms with E-state index in [0.717, 1.165) is 5.56 Å². The summed E-state index contributed by atoms with van der Waals surface area (Å²) in [6, 6.07) is 12.6. The lowest BCUT2D eigenvalue weighted by atomic mass is 10.0. The van der Waals surface area contributed by atoms with Crippen molar-refractivity contribution in [1.82, 2.24) is 16.2 Å².